The normalized spacial score (nSPS) is 11.8. The van der Waals surface area contributed by atoms with Crippen LogP contribution in [0.3, 0.4) is 0 Å². The summed E-state index contributed by atoms with van der Waals surface area (Å²) in [4.78, 5) is -0.712. The number of benzene rings is 1. The number of aromatic nitrogens is 2. The molecule has 1 aromatic carbocycles. The van der Waals surface area contributed by atoms with Crippen molar-refractivity contribution < 1.29 is 17.2 Å². The molecule has 0 spiro atoms. The Morgan fingerprint density at radius 3 is 2.62 bits per heavy atom. The summed E-state index contributed by atoms with van der Waals surface area (Å²) >= 11 is 0. The van der Waals surface area contributed by atoms with Gasteiger partial charge in [-0.05, 0) is 24.7 Å². The highest BCUT2D eigenvalue weighted by atomic mass is 32.2. The predicted molar refractivity (Wildman–Crippen MR) is 71.7 cm³/mol. The van der Waals surface area contributed by atoms with Crippen molar-refractivity contribution in [1.29, 1.82) is 0 Å². The summed E-state index contributed by atoms with van der Waals surface area (Å²) in [6.07, 6.45) is 2.92. The number of halogens is 2. The molecule has 0 saturated carbocycles. The molecular formula is C12H14F2N4O2S. The smallest absolute Gasteiger partial charge is 0.243 e. The molecule has 2 aromatic rings. The first-order chi connectivity index (χ1) is 9.94. The SMILES string of the molecule is CNCc1cc(F)c(F)c(S(=O)(=O)NCc2cn[nH]c2)c1. The van der Waals surface area contributed by atoms with Gasteiger partial charge in [-0.3, -0.25) is 5.10 Å². The van der Waals surface area contributed by atoms with Crippen LogP contribution in [0.25, 0.3) is 0 Å². The van der Waals surface area contributed by atoms with E-state index >= 15 is 0 Å². The van der Waals surface area contributed by atoms with Crippen molar-refractivity contribution in [2.75, 3.05) is 7.05 Å². The van der Waals surface area contributed by atoms with Crippen LogP contribution in [0.2, 0.25) is 0 Å². The number of sulfonamides is 1. The first kappa shape index (κ1) is 15.5. The monoisotopic (exact) mass is 316 g/mol. The Morgan fingerprint density at radius 2 is 2.00 bits per heavy atom. The first-order valence-corrected chi connectivity index (χ1v) is 7.52. The number of hydrogen-bond donors (Lipinski definition) is 3. The first-order valence-electron chi connectivity index (χ1n) is 6.04. The quantitative estimate of drug-likeness (QED) is 0.738. The largest absolute Gasteiger partial charge is 0.316 e. The Kier molecular flexibility index (Phi) is 4.66. The number of rotatable bonds is 6. The standard InChI is InChI=1S/C12H14F2N4O2S/c1-15-4-8-2-10(13)12(14)11(3-8)21(19,20)18-7-9-5-16-17-6-9/h2-3,5-6,15,18H,4,7H2,1H3,(H,16,17). The Hall–Kier alpha value is -1.84. The predicted octanol–water partition coefficient (Wildman–Crippen LogP) is 0.886. The summed E-state index contributed by atoms with van der Waals surface area (Å²) in [7, 11) is -2.55. The van der Waals surface area contributed by atoms with Crippen LogP contribution in [0.4, 0.5) is 8.78 Å². The topological polar surface area (TPSA) is 86.9 Å². The fraction of sp³-hybridized carbons (Fsp3) is 0.250. The Labute approximate surface area is 120 Å². The molecule has 2 rings (SSSR count). The van der Waals surface area contributed by atoms with Crippen molar-refractivity contribution in [2.45, 2.75) is 18.0 Å². The van der Waals surface area contributed by atoms with Crippen molar-refractivity contribution in [3.05, 3.63) is 47.3 Å². The van der Waals surface area contributed by atoms with E-state index in [4.69, 9.17) is 0 Å². The highest BCUT2D eigenvalue weighted by Gasteiger charge is 2.22. The van der Waals surface area contributed by atoms with Gasteiger partial charge in [-0.1, -0.05) is 0 Å². The summed E-state index contributed by atoms with van der Waals surface area (Å²) in [6.45, 7) is 0.150. The zero-order valence-electron chi connectivity index (χ0n) is 11.2. The molecule has 3 N–H and O–H groups in total. The molecule has 1 aromatic heterocycles. The molecule has 9 heteroatoms. The van der Waals surface area contributed by atoms with E-state index in [-0.39, 0.29) is 13.1 Å². The van der Waals surface area contributed by atoms with Crippen LogP contribution in [0, 0.1) is 11.6 Å². The minimum atomic E-state index is -4.16. The summed E-state index contributed by atoms with van der Waals surface area (Å²) in [5.74, 6) is -2.60. The fourth-order valence-corrected chi connectivity index (χ4v) is 2.90. The van der Waals surface area contributed by atoms with Crippen molar-refractivity contribution in [1.82, 2.24) is 20.2 Å². The molecule has 0 saturated heterocycles. The molecule has 6 nitrogen and oxygen atoms in total. The molecule has 0 aliphatic carbocycles. The third-order valence-corrected chi connectivity index (χ3v) is 4.15. The van der Waals surface area contributed by atoms with E-state index in [1.165, 1.54) is 12.4 Å². The molecule has 114 valence electrons. The second-order valence-corrected chi connectivity index (χ2v) is 6.09. The van der Waals surface area contributed by atoms with Crippen LogP contribution in [0.5, 0.6) is 0 Å². The van der Waals surface area contributed by atoms with Gasteiger partial charge in [0, 0.05) is 24.8 Å². The molecule has 21 heavy (non-hydrogen) atoms. The molecule has 0 radical (unpaired) electrons. The van der Waals surface area contributed by atoms with E-state index in [1.54, 1.807) is 7.05 Å². The van der Waals surface area contributed by atoms with Gasteiger partial charge in [-0.15, -0.1) is 0 Å². The molecule has 0 unspecified atom stereocenters. The van der Waals surface area contributed by atoms with Gasteiger partial charge in [0.2, 0.25) is 10.0 Å². The third-order valence-electron chi connectivity index (χ3n) is 2.75. The van der Waals surface area contributed by atoms with E-state index in [0.717, 1.165) is 12.1 Å². The number of H-pyrrole nitrogens is 1. The average molecular weight is 316 g/mol. The average Bonchev–Trinajstić information content (AvgIpc) is 2.94. The lowest BCUT2D eigenvalue weighted by atomic mass is 10.2. The van der Waals surface area contributed by atoms with E-state index < -0.39 is 26.6 Å². The number of hydrogen-bond acceptors (Lipinski definition) is 4. The van der Waals surface area contributed by atoms with E-state index in [1.807, 2.05) is 0 Å². The maximum atomic E-state index is 13.8. The summed E-state index contributed by atoms with van der Waals surface area (Å²) < 4.78 is 53.6. The van der Waals surface area contributed by atoms with Gasteiger partial charge < -0.3 is 5.32 Å². The zero-order valence-corrected chi connectivity index (χ0v) is 12.0. The highest BCUT2D eigenvalue weighted by Crippen LogP contribution is 2.20. The molecular weight excluding hydrogens is 302 g/mol. The number of aromatic amines is 1. The van der Waals surface area contributed by atoms with E-state index in [9.17, 15) is 17.2 Å². The van der Waals surface area contributed by atoms with Crippen LogP contribution in [-0.4, -0.2) is 25.7 Å². The van der Waals surface area contributed by atoms with Gasteiger partial charge in [-0.25, -0.2) is 21.9 Å². The van der Waals surface area contributed by atoms with Gasteiger partial charge in [0.05, 0.1) is 6.20 Å². The fourth-order valence-electron chi connectivity index (χ4n) is 1.75. The minimum Gasteiger partial charge on any atom is -0.316 e. The second kappa shape index (κ2) is 6.29. The second-order valence-electron chi connectivity index (χ2n) is 4.35. The highest BCUT2D eigenvalue weighted by molar-refractivity contribution is 7.89. The van der Waals surface area contributed by atoms with Crippen LogP contribution < -0.4 is 10.0 Å². The molecule has 0 amide bonds. The molecule has 0 fully saturated rings. The van der Waals surface area contributed by atoms with Crippen LogP contribution in [0.15, 0.2) is 29.4 Å². The van der Waals surface area contributed by atoms with E-state index in [2.05, 4.69) is 20.2 Å². The molecule has 0 aliphatic rings. The Bertz CT molecular complexity index is 717. The van der Waals surface area contributed by atoms with Gasteiger partial charge in [0.15, 0.2) is 11.6 Å². The summed E-state index contributed by atoms with van der Waals surface area (Å²) in [6, 6.07) is 2.06. The van der Waals surface area contributed by atoms with Crippen LogP contribution in [-0.2, 0) is 23.1 Å². The molecule has 0 bridgehead atoms. The van der Waals surface area contributed by atoms with Crippen molar-refractivity contribution in [2.24, 2.45) is 0 Å². The van der Waals surface area contributed by atoms with Crippen LogP contribution >= 0.6 is 0 Å². The lowest BCUT2D eigenvalue weighted by Gasteiger charge is -2.10. The molecule has 0 aliphatic heterocycles. The van der Waals surface area contributed by atoms with Gasteiger partial charge in [0.25, 0.3) is 0 Å². The lowest BCUT2D eigenvalue weighted by Crippen LogP contribution is -2.25. The summed E-state index contributed by atoms with van der Waals surface area (Å²) in [5.41, 5.74) is 0.908. The molecule has 0 atom stereocenters. The van der Waals surface area contributed by atoms with Crippen molar-refractivity contribution in [3.8, 4) is 0 Å². The zero-order chi connectivity index (χ0) is 15.5. The maximum Gasteiger partial charge on any atom is 0.243 e. The lowest BCUT2D eigenvalue weighted by molar-refractivity contribution is 0.480. The maximum absolute atomic E-state index is 13.8. The van der Waals surface area contributed by atoms with Crippen molar-refractivity contribution in [3.63, 3.8) is 0 Å². The Morgan fingerprint density at radius 1 is 1.24 bits per heavy atom. The van der Waals surface area contributed by atoms with Crippen LogP contribution in [0.1, 0.15) is 11.1 Å². The minimum absolute atomic E-state index is 0.0733. The summed E-state index contributed by atoms with van der Waals surface area (Å²) in [5, 5.41) is 8.94. The van der Waals surface area contributed by atoms with Crippen molar-refractivity contribution >= 4 is 10.0 Å². The van der Waals surface area contributed by atoms with Gasteiger partial charge in [0.1, 0.15) is 4.90 Å². The number of nitrogens with zero attached hydrogens (tertiary/aromatic N) is 1. The van der Waals surface area contributed by atoms with E-state index in [0.29, 0.717) is 11.1 Å². The number of nitrogens with one attached hydrogen (secondary N) is 3. The Balaban J connectivity index is 2.30. The van der Waals surface area contributed by atoms with Gasteiger partial charge in [-0.2, -0.15) is 5.10 Å². The van der Waals surface area contributed by atoms with Gasteiger partial charge >= 0.3 is 0 Å². The molecule has 1 heterocycles. The third kappa shape index (κ3) is 3.63.